The van der Waals surface area contributed by atoms with E-state index in [2.05, 4.69) is 26.3 Å². The summed E-state index contributed by atoms with van der Waals surface area (Å²) in [5.41, 5.74) is 1.11. The van der Waals surface area contributed by atoms with E-state index in [1.54, 1.807) is 6.33 Å². The predicted molar refractivity (Wildman–Crippen MR) is 88.0 cm³/mol. The normalized spacial score (nSPS) is 24.9. The Hall–Kier alpha value is -1.20. The molecule has 0 radical (unpaired) electrons. The van der Waals surface area contributed by atoms with Gasteiger partial charge in [0.25, 0.3) is 0 Å². The first-order valence-electron chi connectivity index (χ1n) is 8.65. The van der Waals surface area contributed by atoms with Gasteiger partial charge in [-0.25, -0.2) is 9.97 Å². The van der Waals surface area contributed by atoms with Crippen molar-refractivity contribution in [1.29, 1.82) is 0 Å². The monoisotopic (exact) mass is 304 g/mol. The van der Waals surface area contributed by atoms with Crippen LogP contribution in [0.15, 0.2) is 12.4 Å². The average Bonchev–Trinajstić information content (AvgIpc) is 2.81. The number of hydrogen-bond acceptors (Lipinski definition) is 5. The van der Waals surface area contributed by atoms with E-state index in [1.807, 2.05) is 7.05 Å². The van der Waals surface area contributed by atoms with Gasteiger partial charge in [0.15, 0.2) is 0 Å². The third-order valence-electron chi connectivity index (χ3n) is 4.94. The van der Waals surface area contributed by atoms with Crippen LogP contribution in [0.4, 0.5) is 5.82 Å². The van der Waals surface area contributed by atoms with Gasteiger partial charge in [-0.1, -0.05) is 19.3 Å². The SMILES string of the molecule is CNc1cc(CC2COCCN(C3CCCCC3)C2)ncn1. The second-order valence-electron chi connectivity index (χ2n) is 6.58. The molecule has 1 aromatic heterocycles. The Bertz CT molecular complexity index is 462. The van der Waals surface area contributed by atoms with Crippen molar-refractivity contribution in [3.8, 4) is 0 Å². The summed E-state index contributed by atoms with van der Waals surface area (Å²) in [5.74, 6) is 1.42. The molecule has 1 saturated heterocycles. The van der Waals surface area contributed by atoms with Crippen molar-refractivity contribution in [2.75, 3.05) is 38.7 Å². The molecular weight excluding hydrogens is 276 g/mol. The molecule has 5 nitrogen and oxygen atoms in total. The van der Waals surface area contributed by atoms with Gasteiger partial charge in [-0.2, -0.15) is 0 Å². The highest BCUT2D eigenvalue weighted by Gasteiger charge is 2.26. The van der Waals surface area contributed by atoms with Gasteiger partial charge in [-0.05, 0) is 19.3 Å². The minimum absolute atomic E-state index is 0.532. The molecule has 1 N–H and O–H groups in total. The molecule has 1 saturated carbocycles. The molecule has 1 unspecified atom stereocenters. The number of ether oxygens (including phenoxy) is 1. The fourth-order valence-corrected chi connectivity index (χ4v) is 3.75. The number of nitrogens with one attached hydrogen (secondary N) is 1. The maximum Gasteiger partial charge on any atom is 0.129 e. The zero-order valence-corrected chi connectivity index (χ0v) is 13.6. The Morgan fingerprint density at radius 3 is 2.95 bits per heavy atom. The lowest BCUT2D eigenvalue weighted by molar-refractivity contribution is 0.116. The summed E-state index contributed by atoms with van der Waals surface area (Å²) in [7, 11) is 1.89. The number of rotatable bonds is 4. The number of anilines is 1. The van der Waals surface area contributed by atoms with E-state index in [0.29, 0.717) is 5.92 Å². The first-order chi connectivity index (χ1) is 10.8. The summed E-state index contributed by atoms with van der Waals surface area (Å²) in [5, 5.41) is 3.08. The van der Waals surface area contributed by atoms with E-state index >= 15 is 0 Å². The lowest BCUT2D eigenvalue weighted by Crippen LogP contribution is -2.40. The van der Waals surface area contributed by atoms with Gasteiger partial charge in [-0.15, -0.1) is 0 Å². The van der Waals surface area contributed by atoms with Crippen LogP contribution in [-0.2, 0) is 11.2 Å². The maximum atomic E-state index is 5.86. The largest absolute Gasteiger partial charge is 0.380 e. The van der Waals surface area contributed by atoms with Crippen LogP contribution in [0.2, 0.25) is 0 Å². The lowest BCUT2D eigenvalue weighted by Gasteiger charge is -2.34. The van der Waals surface area contributed by atoms with E-state index in [0.717, 1.165) is 50.3 Å². The molecule has 0 amide bonds. The summed E-state index contributed by atoms with van der Waals surface area (Å²) in [6, 6.07) is 2.83. The van der Waals surface area contributed by atoms with Crippen molar-refractivity contribution in [3.05, 3.63) is 18.1 Å². The third-order valence-corrected chi connectivity index (χ3v) is 4.94. The van der Waals surface area contributed by atoms with Crippen molar-refractivity contribution in [2.45, 2.75) is 44.6 Å². The van der Waals surface area contributed by atoms with E-state index in [-0.39, 0.29) is 0 Å². The summed E-state index contributed by atoms with van der Waals surface area (Å²) in [6.45, 7) is 3.96. The van der Waals surface area contributed by atoms with Crippen molar-refractivity contribution in [1.82, 2.24) is 14.9 Å². The van der Waals surface area contributed by atoms with Gasteiger partial charge in [0, 0.05) is 43.9 Å². The average molecular weight is 304 g/mol. The van der Waals surface area contributed by atoms with Crippen LogP contribution >= 0.6 is 0 Å². The number of aromatic nitrogens is 2. The topological polar surface area (TPSA) is 50.3 Å². The standard InChI is InChI=1S/C17H28N4O/c1-18-17-10-15(19-13-20-17)9-14-11-21(7-8-22-12-14)16-5-3-2-4-6-16/h10,13-14,16H,2-9,11-12H2,1H3,(H,18,19,20). The molecule has 1 atom stereocenters. The number of nitrogens with zero attached hydrogens (tertiary/aromatic N) is 3. The molecule has 3 rings (SSSR count). The van der Waals surface area contributed by atoms with E-state index < -0.39 is 0 Å². The summed E-state index contributed by atoms with van der Waals surface area (Å²) in [4.78, 5) is 11.3. The van der Waals surface area contributed by atoms with Crippen LogP contribution in [0.5, 0.6) is 0 Å². The van der Waals surface area contributed by atoms with Gasteiger partial charge in [0.1, 0.15) is 12.1 Å². The molecule has 2 fully saturated rings. The molecule has 122 valence electrons. The van der Waals surface area contributed by atoms with Crippen LogP contribution in [0.3, 0.4) is 0 Å². The van der Waals surface area contributed by atoms with Gasteiger partial charge < -0.3 is 10.1 Å². The minimum atomic E-state index is 0.532. The molecular formula is C17H28N4O. The van der Waals surface area contributed by atoms with Crippen LogP contribution in [0, 0.1) is 5.92 Å². The Balaban J connectivity index is 1.61. The first kappa shape index (κ1) is 15.7. The van der Waals surface area contributed by atoms with Gasteiger partial charge in [0.2, 0.25) is 0 Å². The van der Waals surface area contributed by atoms with Crippen molar-refractivity contribution in [2.24, 2.45) is 5.92 Å². The smallest absolute Gasteiger partial charge is 0.129 e. The van der Waals surface area contributed by atoms with E-state index in [9.17, 15) is 0 Å². The van der Waals surface area contributed by atoms with Gasteiger partial charge in [0.05, 0.1) is 13.2 Å². The Morgan fingerprint density at radius 1 is 1.27 bits per heavy atom. The second-order valence-corrected chi connectivity index (χ2v) is 6.58. The van der Waals surface area contributed by atoms with E-state index in [1.165, 1.54) is 32.1 Å². The fourth-order valence-electron chi connectivity index (χ4n) is 3.75. The van der Waals surface area contributed by atoms with Crippen molar-refractivity contribution >= 4 is 5.82 Å². The summed E-state index contributed by atoms with van der Waals surface area (Å²) >= 11 is 0. The van der Waals surface area contributed by atoms with Gasteiger partial charge >= 0.3 is 0 Å². The number of hydrogen-bond donors (Lipinski definition) is 1. The molecule has 0 bridgehead atoms. The highest BCUT2D eigenvalue weighted by atomic mass is 16.5. The quantitative estimate of drug-likeness (QED) is 0.925. The van der Waals surface area contributed by atoms with E-state index in [4.69, 9.17) is 4.74 Å². The Kier molecular flexibility index (Phi) is 5.62. The highest BCUT2D eigenvalue weighted by molar-refractivity contribution is 5.33. The molecule has 22 heavy (non-hydrogen) atoms. The molecule has 0 aromatic carbocycles. The molecule has 2 aliphatic rings. The molecule has 5 heteroatoms. The zero-order valence-electron chi connectivity index (χ0n) is 13.6. The minimum Gasteiger partial charge on any atom is -0.380 e. The van der Waals surface area contributed by atoms with Crippen LogP contribution in [0.25, 0.3) is 0 Å². The van der Waals surface area contributed by atoms with Crippen molar-refractivity contribution < 1.29 is 4.74 Å². The molecule has 0 spiro atoms. The Labute approximate surface area is 133 Å². The predicted octanol–water partition coefficient (Wildman–Crippen LogP) is 2.34. The molecule has 2 heterocycles. The van der Waals surface area contributed by atoms with Gasteiger partial charge in [-0.3, -0.25) is 4.90 Å². The molecule has 1 aromatic rings. The maximum absolute atomic E-state index is 5.86. The zero-order chi connectivity index (χ0) is 15.2. The van der Waals surface area contributed by atoms with Crippen molar-refractivity contribution in [3.63, 3.8) is 0 Å². The molecule has 1 aliphatic heterocycles. The Morgan fingerprint density at radius 2 is 2.14 bits per heavy atom. The third kappa shape index (κ3) is 4.17. The molecule has 1 aliphatic carbocycles. The highest BCUT2D eigenvalue weighted by Crippen LogP contribution is 2.25. The van der Waals surface area contributed by atoms with Crippen LogP contribution < -0.4 is 5.32 Å². The lowest BCUT2D eigenvalue weighted by atomic mass is 9.93. The van der Waals surface area contributed by atoms with Crippen LogP contribution in [-0.4, -0.2) is 54.3 Å². The second kappa shape index (κ2) is 7.88. The first-order valence-corrected chi connectivity index (χ1v) is 8.65. The summed E-state index contributed by atoms with van der Waals surface area (Å²) in [6.07, 6.45) is 9.55. The van der Waals surface area contributed by atoms with Crippen LogP contribution in [0.1, 0.15) is 37.8 Å². The summed E-state index contributed by atoms with van der Waals surface area (Å²) < 4.78 is 5.86. The fraction of sp³-hybridized carbons (Fsp3) is 0.765.